The van der Waals surface area contributed by atoms with Gasteiger partial charge in [0.1, 0.15) is 11.8 Å². The highest BCUT2D eigenvalue weighted by Crippen LogP contribution is 2.23. The van der Waals surface area contributed by atoms with Crippen molar-refractivity contribution in [1.29, 1.82) is 0 Å². The highest BCUT2D eigenvalue weighted by Gasteiger charge is 2.33. The van der Waals surface area contributed by atoms with Crippen LogP contribution in [0.25, 0.3) is 0 Å². The predicted molar refractivity (Wildman–Crippen MR) is 133 cm³/mol. The largest absolute Gasteiger partial charge is 0.506 e. The number of nitrogens with zero attached hydrogens (tertiary/aromatic N) is 4. The Hall–Kier alpha value is -3.79. The van der Waals surface area contributed by atoms with Gasteiger partial charge >= 0.3 is 0 Å². The number of carbonyl (C=O) groups excluding carboxylic acids is 4. The number of imide groups is 1. The first-order chi connectivity index (χ1) is 17.4. The Kier molecular flexibility index (Phi) is 7.94. The molecule has 2 aliphatic heterocycles. The molecule has 36 heavy (non-hydrogen) atoms. The van der Waals surface area contributed by atoms with Gasteiger partial charge in [0, 0.05) is 56.6 Å². The van der Waals surface area contributed by atoms with Crippen LogP contribution in [0.3, 0.4) is 0 Å². The van der Waals surface area contributed by atoms with E-state index in [1.54, 1.807) is 18.2 Å². The minimum atomic E-state index is -0.751. The molecule has 2 N–H and O–H groups in total. The van der Waals surface area contributed by atoms with Crippen LogP contribution in [0.15, 0.2) is 36.5 Å². The molecule has 190 valence electrons. The lowest BCUT2D eigenvalue weighted by Gasteiger charge is -2.36. The van der Waals surface area contributed by atoms with Crippen molar-refractivity contribution in [2.24, 2.45) is 0 Å². The monoisotopic (exact) mass is 493 g/mol. The van der Waals surface area contributed by atoms with Gasteiger partial charge in [-0.1, -0.05) is 0 Å². The maximum Gasteiger partial charge on any atom is 0.255 e. The molecule has 1 atom stereocenters. The summed E-state index contributed by atoms with van der Waals surface area (Å²) in [5.74, 6) is -1.09. The first-order valence-electron chi connectivity index (χ1n) is 12.2. The lowest BCUT2D eigenvalue weighted by Crippen LogP contribution is -2.53. The van der Waals surface area contributed by atoms with Crippen LogP contribution < -0.4 is 10.2 Å². The van der Waals surface area contributed by atoms with Crippen molar-refractivity contribution in [2.45, 2.75) is 31.7 Å². The van der Waals surface area contributed by atoms with E-state index < -0.39 is 17.9 Å². The molecule has 2 saturated heterocycles. The summed E-state index contributed by atoms with van der Waals surface area (Å²) < 4.78 is 0. The van der Waals surface area contributed by atoms with Crippen molar-refractivity contribution < 1.29 is 24.3 Å². The molecule has 2 aliphatic rings. The fraction of sp³-hybridized carbons (Fsp3) is 0.423. The molecule has 10 nitrogen and oxygen atoms in total. The van der Waals surface area contributed by atoms with Crippen molar-refractivity contribution in [1.82, 2.24) is 20.1 Å². The maximum atomic E-state index is 13.2. The Labute approximate surface area is 209 Å². The fourth-order valence-electron chi connectivity index (χ4n) is 4.69. The minimum Gasteiger partial charge on any atom is -0.506 e. The summed E-state index contributed by atoms with van der Waals surface area (Å²) in [6.07, 6.45) is 4.36. The third-order valence-corrected chi connectivity index (χ3v) is 6.85. The van der Waals surface area contributed by atoms with Crippen LogP contribution in [0, 0.1) is 0 Å². The standard InChI is InChI=1S/C26H31N5O5/c1-29(23-8-9-24(34)28-25(23)35)26(36)22-15-20(6-4-18(22)17-32)31-13-11-30(12-14-31)10-2-3-19-5-7-21(33)16-27-19/h4-7,15-17,23,33H,2-3,8-14H2,1H3,(H,28,34,35). The highest BCUT2D eigenvalue weighted by atomic mass is 16.3. The Morgan fingerprint density at radius 3 is 2.64 bits per heavy atom. The summed E-state index contributed by atoms with van der Waals surface area (Å²) >= 11 is 0. The topological polar surface area (TPSA) is 123 Å². The summed E-state index contributed by atoms with van der Waals surface area (Å²) in [6, 6.07) is 7.95. The Balaban J connectivity index is 1.35. The number of aldehydes is 1. The summed E-state index contributed by atoms with van der Waals surface area (Å²) in [5.41, 5.74) is 2.33. The van der Waals surface area contributed by atoms with E-state index in [1.807, 2.05) is 12.1 Å². The van der Waals surface area contributed by atoms with Gasteiger partial charge in [-0.05, 0) is 56.1 Å². The highest BCUT2D eigenvalue weighted by molar-refractivity contribution is 6.06. The molecule has 3 amide bonds. The number of nitrogens with one attached hydrogen (secondary N) is 1. The Bertz CT molecular complexity index is 1130. The van der Waals surface area contributed by atoms with Gasteiger partial charge in [0.15, 0.2) is 6.29 Å². The number of aromatic nitrogens is 1. The zero-order valence-corrected chi connectivity index (χ0v) is 20.4. The third-order valence-electron chi connectivity index (χ3n) is 6.85. The van der Waals surface area contributed by atoms with Crippen LogP contribution >= 0.6 is 0 Å². The number of aromatic hydroxyl groups is 1. The Morgan fingerprint density at radius 2 is 1.97 bits per heavy atom. The maximum absolute atomic E-state index is 13.2. The van der Waals surface area contributed by atoms with Crippen molar-refractivity contribution >= 4 is 29.7 Å². The SMILES string of the molecule is CN(C(=O)c1cc(N2CCN(CCCc3ccc(O)cn3)CC2)ccc1C=O)C1CCC(=O)NC1=O. The summed E-state index contributed by atoms with van der Waals surface area (Å²) in [4.78, 5) is 58.7. The normalized spacial score (nSPS) is 18.6. The number of rotatable bonds is 8. The van der Waals surface area contributed by atoms with E-state index >= 15 is 0 Å². The van der Waals surface area contributed by atoms with E-state index in [9.17, 15) is 24.3 Å². The first-order valence-corrected chi connectivity index (χ1v) is 12.2. The number of anilines is 1. The number of pyridine rings is 1. The Morgan fingerprint density at radius 1 is 1.19 bits per heavy atom. The van der Waals surface area contributed by atoms with Gasteiger partial charge in [0.05, 0.1) is 11.8 Å². The molecule has 0 saturated carbocycles. The lowest BCUT2D eigenvalue weighted by atomic mass is 10.0. The lowest BCUT2D eigenvalue weighted by molar-refractivity contribution is -0.136. The second-order valence-electron chi connectivity index (χ2n) is 9.21. The molecule has 10 heteroatoms. The van der Waals surface area contributed by atoms with Crippen LogP contribution in [0.4, 0.5) is 5.69 Å². The number of piperazine rings is 1. The van der Waals surface area contributed by atoms with Gasteiger partial charge in [0.25, 0.3) is 5.91 Å². The molecule has 1 unspecified atom stereocenters. The first kappa shape index (κ1) is 25.3. The molecular formula is C26H31N5O5. The van der Waals surface area contributed by atoms with Crippen LogP contribution in [0.1, 0.15) is 45.7 Å². The molecule has 2 aromatic rings. The number of piperidine rings is 1. The minimum absolute atomic E-state index is 0.170. The molecule has 0 aliphatic carbocycles. The molecule has 3 heterocycles. The smallest absolute Gasteiger partial charge is 0.255 e. The zero-order chi connectivity index (χ0) is 25.7. The molecule has 1 aromatic heterocycles. The average Bonchev–Trinajstić information content (AvgIpc) is 2.89. The number of likely N-dealkylation sites (N-methyl/N-ethyl adjacent to an activating group) is 1. The number of carbonyl (C=O) groups is 4. The molecule has 2 fully saturated rings. The van der Waals surface area contributed by atoms with Crippen LogP contribution in [0.2, 0.25) is 0 Å². The molecule has 1 aromatic carbocycles. The summed E-state index contributed by atoms with van der Waals surface area (Å²) in [6.45, 7) is 4.26. The van der Waals surface area contributed by atoms with Crippen LogP contribution in [0.5, 0.6) is 5.75 Å². The van der Waals surface area contributed by atoms with Gasteiger partial charge in [0.2, 0.25) is 11.8 Å². The molecule has 0 radical (unpaired) electrons. The quantitative estimate of drug-likeness (QED) is 0.416. The van der Waals surface area contributed by atoms with E-state index in [1.165, 1.54) is 18.1 Å². The van der Waals surface area contributed by atoms with Crippen LogP contribution in [-0.2, 0) is 16.0 Å². The zero-order valence-electron chi connectivity index (χ0n) is 20.4. The molecular weight excluding hydrogens is 462 g/mol. The summed E-state index contributed by atoms with van der Waals surface area (Å²) in [5, 5.41) is 11.6. The van der Waals surface area contributed by atoms with Crippen molar-refractivity contribution in [3.05, 3.63) is 53.3 Å². The third kappa shape index (κ3) is 5.88. The number of aryl methyl sites for hydroxylation is 1. The number of hydrogen-bond donors (Lipinski definition) is 2. The van der Waals surface area contributed by atoms with Gasteiger partial charge in [-0.3, -0.25) is 34.4 Å². The van der Waals surface area contributed by atoms with Crippen LogP contribution in [-0.4, -0.2) is 89.7 Å². The van der Waals surface area contributed by atoms with Crippen molar-refractivity contribution in [2.75, 3.05) is 44.7 Å². The number of hydrogen-bond acceptors (Lipinski definition) is 8. The number of benzene rings is 1. The predicted octanol–water partition coefficient (Wildman–Crippen LogP) is 1.23. The van der Waals surface area contributed by atoms with E-state index in [4.69, 9.17) is 0 Å². The fourth-order valence-corrected chi connectivity index (χ4v) is 4.69. The number of amides is 3. The average molecular weight is 494 g/mol. The second-order valence-corrected chi connectivity index (χ2v) is 9.21. The van der Waals surface area contributed by atoms with Crippen molar-refractivity contribution in [3.8, 4) is 5.75 Å². The van der Waals surface area contributed by atoms with Gasteiger partial charge < -0.3 is 14.9 Å². The van der Waals surface area contributed by atoms with E-state index in [2.05, 4.69) is 20.1 Å². The molecule has 0 spiro atoms. The second kappa shape index (κ2) is 11.3. The van der Waals surface area contributed by atoms with E-state index in [0.29, 0.717) is 6.29 Å². The molecule has 0 bridgehead atoms. The van der Waals surface area contributed by atoms with Crippen molar-refractivity contribution in [3.63, 3.8) is 0 Å². The van der Waals surface area contributed by atoms with E-state index in [-0.39, 0.29) is 35.6 Å². The summed E-state index contributed by atoms with van der Waals surface area (Å²) in [7, 11) is 1.52. The van der Waals surface area contributed by atoms with Gasteiger partial charge in [-0.25, -0.2) is 0 Å². The van der Waals surface area contributed by atoms with E-state index in [0.717, 1.165) is 56.9 Å². The molecule has 4 rings (SSSR count). The van der Waals surface area contributed by atoms with Gasteiger partial charge in [-0.2, -0.15) is 0 Å². The van der Waals surface area contributed by atoms with Gasteiger partial charge in [-0.15, -0.1) is 0 Å².